The fourth-order valence-corrected chi connectivity index (χ4v) is 3.01. The summed E-state index contributed by atoms with van der Waals surface area (Å²) >= 11 is 0. The van der Waals surface area contributed by atoms with Gasteiger partial charge in [0.05, 0.1) is 0 Å². The summed E-state index contributed by atoms with van der Waals surface area (Å²) in [5.41, 5.74) is 10.1. The first-order valence-corrected chi connectivity index (χ1v) is 8.12. The van der Waals surface area contributed by atoms with Crippen LogP contribution < -0.4 is 0 Å². The first-order valence-electron chi connectivity index (χ1n) is 8.12. The molecule has 0 fully saturated rings. The molecule has 0 nitrogen and oxygen atoms in total. The van der Waals surface area contributed by atoms with E-state index in [-0.39, 0.29) is 0 Å². The van der Waals surface area contributed by atoms with Crippen LogP contribution in [0.2, 0.25) is 0 Å². The maximum atomic E-state index is 4.30. The lowest BCUT2D eigenvalue weighted by molar-refractivity contribution is 1.29. The van der Waals surface area contributed by atoms with Crippen molar-refractivity contribution in [1.82, 2.24) is 0 Å². The van der Waals surface area contributed by atoms with Crippen LogP contribution >= 0.6 is 0 Å². The van der Waals surface area contributed by atoms with Gasteiger partial charge in [0.15, 0.2) is 0 Å². The highest BCUT2D eigenvalue weighted by atomic mass is 14.2. The van der Waals surface area contributed by atoms with Gasteiger partial charge in [0, 0.05) is 0 Å². The minimum absolute atomic E-state index is 1.07. The summed E-state index contributed by atoms with van der Waals surface area (Å²) in [5.74, 6) is 0. The summed E-state index contributed by atoms with van der Waals surface area (Å²) in [4.78, 5) is 0. The fraction of sp³-hybridized carbons (Fsp3) is 0.217. The lowest BCUT2D eigenvalue weighted by Gasteiger charge is -2.20. The van der Waals surface area contributed by atoms with Crippen molar-refractivity contribution in [3.8, 4) is 11.1 Å². The predicted octanol–water partition coefficient (Wildman–Crippen LogP) is 6.90. The molecule has 2 aromatic carbocycles. The zero-order valence-corrected chi connectivity index (χ0v) is 14.9. The van der Waals surface area contributed by atoms with E-state index >= 15 is 0 Å². The van der Waals surface area contributed by atoms with Crippen molar-refractivity contribution >= 4 is 5.57 Å². The van der Waals surface area contributed by atoms with Crippen molar-refractivity contribution in [2.75, 3.05) is 0 Å². The second-order valence-corrected chi connectivity index (χ2v) is 6.20. The van der Waals surface area contributed by atoms with E-state index in [0.29, 0.717) is 0 Å². The van der Waals surface area contributed by atoms with Gasteiger partial charge in [-0.2, -0.15) is 0 Å². The van der Waals surface area contributed by atoms with Crippen molar-refractivity contribution in [3.63, 3.8) is 0 Å². The first kappa shape index (κ1) is 17.0. The van der Waals surface area contributed by atoms with Crippen LogP contribution in [0.25, 0.3) is 16.7 Å². The lowest BCUT2D eigenvalue weighted by atomic mass is 9.84. The van der Waals surface area contributed by atoms with Gasteiger partial charge in [-0.3, -0.25) is 0 Å². The smallest absolute Gasteiger partial charge is 0.00683 e. The molecular formula is C23H26. The van der Waals surface area contributed by atoms with Crippen molar-refractivity contribution in [2.24, 2.45) is 0 Å². The highest BCUT2D eigenvalue weighted by Gasteiger charge is 2.16. The first-order chi connectivity index (χ1) is 11.0. The Balaban J connectivity index is 2.81. The largest absolute Gasteiger partial charge is 0.0912 e. The van der Waals surface area contributed by atoms with Gasteiger partial charge < -0.3 is 0 Å². The molecule has 23 heavy (non-hydrogen) atoms. The molecule has 0 atom stereocenters. The minimum Gasteiger partial charge on any atom is -0.0912 e. The van der Waals surface area contributed by atoms with Gasteiger partial charge >= 0.3 is 0 Å². The Labute approximate surface area is 140 Å². The number of benzene rings is 2. The maximum absolute atomic E-state index is 4.30. The molecule has 0 spiro atoms. The minimum atomic E-state index is 1.07. The van der Waals surface area contributed by atoms with Crippen LogP contribution in [0.3, 0.4) is 0 Å². The third-order valence-corrected chi connectivity index (χ3v) is 4.26. The van der Waals surface area contributed by atoms with Crippen LogP contribution in [-0.2, 0) is 0 Å². The summed E-state index contributed by atoms with van der Waals surface area (Å²) in [6.45, 7) is 15.1. The summed E-state index contributed by atoms with van der Waals surface area (Å²) in [6, 6.07) is 15.0. The van der Waals surface area contributed by atoms with E-state index in [0.717, 1.165) is 5.57 Å². The Morgan fingerprint density at radius 1 is 0.957 bits per heavy atom. The van der Waals surface area contributed by atoms with E-state index in [1.807, 2.05) is 6.92 Å². The van der Waals surface area contributed by atoms with Crippen LogP contribution in [0.15, 0.2) is 72.3 Å². The van der Waals surface area contributed by atoms with Crippen LogP contribution in [0.1, 0.15) is 37.5 Å². The molecule has 0 heterocycles. The highest BCUT2D eigenvalue weighted by Crippen LogP contribution is 2.38. The third kappa shape index (κ3) is 3.53. The molecule has 0 aliphatic rings. The molecule has 0 saturated heterocycles. The van der Waals surface area contributed by atoms with E-state index in [2.05, 4.69) is 88.9 Å². The summed E-state index contributed by atoms with van der Waals surface area (Å²) in [7, 11) is 0. The molecule has 0 aromatic heterocycles. The number of hydrogen-bond donors (Lipinski definition) is 0. The average Bonchev–Trinajstić information content (AvgIpc) is 2.52. The second kappa shape index (κ2) is 7.28. The molecule has 0 aliphatic heterocycles. The Morgan fingerprint density at radius 2 is 1.61 bits per heavy atom. The Bertz CT molecular complexity index is 767. The molecule has 0 amide bonds. The molecule has 2 rings (SSSR count). The third-order valence-electron chi connectivity index (χ3n) is 4.26. The average molecular weight is 302 g/mol. The van der Waals surface area contributed by atoms with E-state index in [4.69, 9.17) is 0 Å². The number of aryl methyl sites for hydroxylation is 1. The SMILES string of the molecule is C=C(/C=C\C)C(=C(C)C)c1c(-c2ccccc2)ccc(C)c1C. The monoisotopic (exact) mass is 302 g/mol. The lowest BCUT2D eigenvalue weighted by Crippen LogP contribution is -1.99. The molecule has 118 valence electrons. The van der Waals surface area contributed by atoms with Crippen LogP contribution in [0, 0.1) is 13.8 Å². The zero-order valence-electron chi connectivity index (χ0n) is 14.9. The van der Waals surface area contributed by atoms with E-state index in [9.17, 15) is 0 Å². The summed E-state index contributed by atoms with van der Waals surface area (Å²) < 4.78 is 0. The molecule has 2 aromatic rings. The van der Waals surface area contributed by atoms with E-state index in [1.54, 1.807) is 0 Å². The van der Waals surface area contributed by atoms with Gasteiger partial charge in [0.2, 0.25) is 0 Å². The second-order valence-electron chi connectivity index (χ2n) is 6.20. The molecule has 0 unspecified atom stereocenters. The van der Waals surface area contributed by atoms with Gasteiger partial charge in [-0.05, 0) is 73.6 Å². The Hall–Kier alpha value is -2.34. The zero-order chi connectivity index (χ0) is 17.0. The maximum Gasteiger partial charge on any atom is -0.00683 e. The molecule has 0 bridgehead atoms. The highest BCUT2D eigenvalue weighted by molar-refractivity contribution is 5.92. The van der Waals surface area contributed by atoms with Crippen molar-refractivity contribution in [1.29, 1.82) is 0 Å². The van der Waals surface area contributed by atoms with E-state index in [1.165, 1.54) is 39.0 Å². The molecule has 0 radical (unpaired) electrons. The molecule has 0 aliphatic carbocycles. The van der Waals surface area contributed by atoms with Gasteiger partial charge in [0.25, 0.3) is 0 Å². The Kier molecular flexibility index (Phi) is 5.39. The van der Waals surface area contributed by atoms with Gasteiger partial charge in [-0.25, -0.2) is 0 Å². The van der Waals surface area contributed by atoms with Crippen LogP contribution in [0.4, 0.5) is 0 Å². The van der Waals surface area contributed by atoms with Crippen molar-refractivity contribution in [3.05, 3.63) is 89.0 Å². The number of allylic oxidation sites excluding steroid dienone is 5. The van der Waals surface area contributed by atoms with E-state index < -0.39 is 0 Å². The van der Waals surface area contributed by atoms with Crippen molar-refractivity contribution in [2.45, 2.75) is 34.6 Å². The predicted molar refractivity (Wildman–Crippen MR) is 104 cm³/mol. The van der Waals surface area contributed by atoms with Crippen LogP contribution in [0.5, 0.6) is 0 Å². The summed E-state index contributed by atoms with van der Waals surface area (Å²) in [5, 5.41) is 0. The van der Waals surface area contributed by atoms with Gasteiger partial charge in [-0.1, -0.05) is 66.8 Å². The van der Waals surface area contributed by atoms with Crippen LogP contribution in [-0.4, -0.2) is 0 Å². The topological polar surface area (TPSA) is 0 Å². The standard InChI is InChI=1S/C23H26/c1-7-11-18(5)22(16(2)3)23-19(6)17(4)14-15-21(23)20-12-9-8-10-13-20/h7-15H,5H2,1-4,6H3/b11-7-. The Morgan fingerprint density at radius 3 is 2.17 bits per heavy atom. The van der Waals surface area contributed by atoms with Gasteiger partial charge in [0.1, 0.15) is 0 Å². The molecule has 0 heteroatoms. The molecular weight excluding hydrogens is 276 g/mol. The summed E-state index contributed by atoms with van der Waals surface area (Å²) in [6.07, 6.45) is 4.15. The molecule has 0 saturated carbocycles. The van der Waals surface area contributed by atoms with Gasteiger partial charge in [-0.15, -0.1) is 0 Å². The van der Waals surface area contributed by atoms with Crippen molar-refractivity contribution < 1.29 is 0 Å². The normalized spacial score (nSPS) is 10.8. The molecule has 0 N–H and O–H groups in total. The number of hydrogen-bond acceptors (Lipinski definition) is 0. The number of rotatable bonds is 4. The quantitative estimate of drug-likeness (QED) is 0.539. The fourth-order valence-electron chi connectivity index (χ4n) is 3.01.